The average Bonchev–Trinajstić information content (AvgIpc) is 2.73. The Morgan fingerprint density at radius 2 is 2.10 bits per heavy atom. The molecule has 0 atom stereocenters. The topological polar surface area (TPSA) is 47.4 Å². The van der Waals surface area contributed by atoms with E-state index in [0.29, 0.717) is 19.6 Å². The molecular weight excluding hydrogens is 266 g/mol. The van der Waals surface area contributed by atoms with Crippen LogP contribution in [0.25, 0.3) is 0 Å². The van der Waals surface area contributed by atoms with Gasteiger partial charge in [0.25, 0.3) is 0 Å². The van der Waals surface area contributed by atoms with Crippen LogP contribution in [0.1, 0.15) is 17.0 Å². The van der Waals surface area contributed by atoms with Gasteiger partial charge in [0, 0.05) is 18.3 Å². The summed E-state index contributed by atoms with van der Waals surface area (Å²) in [5.41, 5.74) is 3.84. The Hall–Kier alpha value is -2.30. The highest BCUT2D eigenvalue weighted by Crippen LogP contribution is 2.31. The Bertz CT molecular complexity index is 691. The Labute approximate surface area is 124 Å². The van der Waals surface area contributed by atoms with Crippen LogP contribution < -0.4 is 9.64 Å². The molecule has 0 fully saturated rings. The molecule has 0 saturated heterocycles. The van der Waals surface area contributed by atoms with Crippen molar-refractivity contribution < 1.29 is 9.53 Å². The zero-order valence-electron chi connectivity index (χ0n) is 12.6. The number of amides is 1. The second-order valence-electron chi connectivity index (χ2n) is 5.31. The molecule has 0 unspecified atom stereocenters. The molecule has 1 aromatic carbocycles. The number of rotatable bonds is 2. The largest absolute Gasteiger partial charge is 0.490 e. The highest BCUT2D eigenvalue weighted by Gasteiger charge is 2.25. The van der Waals surface area contributed by atoms with E-state index >= 15 is 0 Å². The van der Waals surface area contributed by atoms with Crippen molar-refractivity contribution in [2.75, 3.05) is 18.1 Å². The van der Waals surface area contributed by atoms with Gasteiger partial charge in [0.1, 0.15) is 12.4 Å². The molecule has 1 aromatic heterocycles. The summed E-state index contributed by atoms with van der Waals surface area (Å²) < 4.78 is 7.42. The monoisotopic (exact) mass is 285 g/mol. The van der Waals surface area contributed by atoms with Crippen molar-refractivity contribution in [3.8, 4) is 5.75 Å². The van der Waals surface area contributed by atoms with Crippen LogP contribution in [-0.2, 0) is 18.3 Å². The van der Waals surface area contributed by atoms with Crippen molar-refractivity contribution >= 4 is 11.6 Å². The minimum atomic E-state index is 0.0879. The number of nitrogens with zero attached hydrogens (tertiary/aromatic N) is 3. The zero-order chi connectivity index (χ0) is 15.0. The molecule has 1 aliphatic heterocycles. The lowest BCUT2D eigenvalue weighted by atomic mass is 10.1. The summed E-state index contributed by atoms with van der Waals surface area (Å²) in [4.78, 5) is 14.5. The SMILES string of the molecule is Cc1nn(C)c(C)c1CC(=O)N1CCOc2ccccc21. The smallest absolute Gasteiger partial charge is 0.231 e. The summed E-state index contributed by atoms with van der Waals surface area (Å²) in [6.07, 6.45) is 0.375. The minimum Gasteiger partial charge on any atom is -0.490 e. The predicted octanol–water partition coefficient (Wildman–Crippen LogP) is 2.01. The molecule has 1 amide bonds. The van der Waals surface area contributed by atoms with E-state index in [9.17, 15) is 4.79 Å². The summed E-state index contributed by atoms with van der Waals surface area (Å²) in [6, 6.07) is 7.67. The van der Waals surface area contributed by atoms with Crippen LogP contribution in [0.4, 0.5) is 5.69 Å². The highest BCUT2D eigenvalue weighted by molar-refractivity contribution is 5.96. The van der Waals surface area contributed by atoms with Crippen LogP contribution in [0, 0.1) is 13.8 Å². The summed E-state index contributed by atoms with van der Waals surface area (Å²) in [5, 5.41) is 4.37. The van der Waals surface area contributed by atoms with E-state index in [2.05, 4.69) is 5.10 Å². The van der Waals surface area contributed by atoms with Gasteiger partial charge in [-0.25, -0.2) is 0 Å². The average molecular weight is 285 g/mol. The third-order valence-corrected chi connectivity index (χ3v) is 4.02. The summed E-state index contributed by atoms with van der Waals surface area (Å²) in [6.45, 7) is 5.07. The van der Waals surface area contributed by atoms with Gasteiger partial charge in [0.2, 0.25) is 5.91 Å². The Morgan fingerprint density at radius 3 is 2.81 bits per heavy atom. The second-order valence-corrected chi connectivity index (χ2v) is 5.31. The molecule has 0 aliphatic carbocycles. The molecule has 2 heterocycles. The second kappa shape index (κ2) is 5.24. The lowest BCUT2D eigenvalue weighted by Crippen LogP contribution is -2.39. The van der Waals surface area contributed by atoms with Gasteiger partial charge in [0.15, 0.2) is 0 Å². The van der Waals surface area contributed by atoms with Crippen molar-refractivity contribution in [3.05, 3.63) is 41.2 Å². The molecule has 5 heteroatoms. The number of carbonyl (C=O) groups is 1. The standard InChI is InChI=1S/C16H19N3O2/c1-11-13(12(2)18(3)17-11)10-16(20)19-8-9-21-15-7-5-4-6-14(15)19/h4-7H,8-10H2,1-3H3. The number of aromatic nitrogens is 2. The number of benzene rings is 1. The summed E-state index contributed by atoms with van der Waals surface area (Å²) >= 11 is 0. The van der Waals surface area contributed by atoms with Gasteiger partial charge in [-0.2, -0.15) is 5.10 Å². The van der Waals surface area contributed by atoms with Crippen LogP contribution in [0.15, 0.2) is 24.3 Å². The Kier molecular flexibility index (Phi) is 3.41. The molecule has 3 rings (SSSR count). The number of hydrogen-bond acceptors (Lipinski definition) is 3. The molecule has 0 bridgehead atoms. The first-order valence-corrected chi connectivity index (χ1v) is 7.09. The fourth-order valence-corrected chi connectivity index (χ4v) is 2.75. The number of hydrogen-bond donors (Lipinski definition) is 0. The number of anilines is 1. The lowest BCUT2D eigenvalue weighted by molar-refractivity contribution is -0.118. The third kappa shape index (κ3) is 2.39. The predicted molar refractivity (Wildman–Crippen MR) is 80.7 cm³/mol. The van der Waals surface area contributed by atoms with Crippen LogP contribution in [0.3, 0.4) is 0 Å². The zero-order valence-corrected chi connectivity index (χ0v) is 12.6. The molecule has 21 heavy (non-hydrogen) atoms. The molecule has 0 N–H and O–H groups in total. The first kappa shape index (κ1) is 13.7. The molecule has 2 aromatic rings. The first-order chi connectivity index (χ1) is 10.1. The number of para-hydroxylation sites is 2. The molecular formula is C16H19N3O2. The third-order valence-electron chi connectivity index (χ3n) is 4.02. The van der Waals surface area contributed by atoms with Gasteiger partial charge in [-0.15, -0.1) is 0 Å². The van der Waals surface area contributed by atoms with Crippen molar-refractivity contribution in [1.82, 2.24) is 9.78 Å². The number of carbonyl (C=O) groups excluding carboxylic acids is 1. The van der Waals surface area contributed by atoms with E-state index < -0.39 is 0 Å². The molecule has 5 nitrogen and oxygen atoms in total. The van der Waals surface area contributed by atoms with E-state index in [0.717, 1.165) is 28.4 Å². The fraction of sp³-hybridized carbons (Fsp3) is 0.375. The highest BCUT2D eigenvalue weighted by atomic mass is 16.5. The molecule has 0 spiro atoms. The van der Waals surface area contributed by atoms with Gasteiger partial charge in [-0.05, 0) is 26.0 Å². The van der Waals surface area contributed by atoms with E-state index in [1.54, 1.807) is 0 Å². The fourth-order valence-electron chi connectivity index (χ4n) is 2.75. The van der Waals surface area contributed by atoms with Gasteiger partial charge in [-0.1, -0.05) is 12.1 Å². The van der Waals surface area contributed by atoms with E-state index in [4.69, 9.17) is 4.74 Å². The molecule has 1 aliphatic rings. The molecule has 0 saturated carbocycles. The van der Waals surface area contributed by atoms with Gasteiger partial charge < -0.3 is 9.64 Å². The van der Waals surface area contributed by atoms with E-state index in [-0.39, 0.29) is 5.91 Å². The maximum absolute atomic E-state index is 12.7. The summed E-state index contributed by atoms with van der Waals surface area (Å²) in [5.74, 6) is 0.863. The Balaban J connectivity index is 1.87. The molecule has 0 radical (unpaired) electrons. The van der Waals surface area contributed by atoms with Crippen molar-refractivity contribution in [1.29, 1.82) is 0 Å². The maximum atomic E-state index is 12.7. The van der Waals surface area contributed by atoms with E-state index in [1.165, 1.54) is 0 Å². The van der Waals surface area contributed by atoms with Crippen molar-refractivity contribution in [2.24, 2.45) is 7.05 Å². The normalized spacial score (nSPS) is 13.8. The first-order valence-electron chi connectivity index (χ1n) is 7.09. The number of aryl methyl sites for hydroxylation is 2. The van der Waals surface area contributed by atoms with Crippen LogP contribution >= 0.6 is 0 Å². The summed E-state index contributed by atoms with van der Waals surface area (Å²) in [7, 11) is 1.90. The van der Waals surface area contributed by atoms with Gasteiger partial charge in [0.05, 0.1) is 24.3 Å². The maximum Gasteiger partial charge on any atom is 0.231 e. The van der Waals surface area contributed by atoms with Gasteiger partial charge >= 0.3 is 0 Å². The quantitative estimate of drug-likeness (QED) is 0.848. The van der Waals surface area contributed by atoms with Crippen LogP contribution in [0.5, 0.6) is 5.75 Å². The molecule has 110 valence electrons. The van der Waals surface area contributed by atoms with Crippen molar-refractivity contribution in [2.45, 2.75) is 20.3 Å². The minimum absolute atomic E-state index is 0.0879. The lowest BCUT2D eigenvalue weighted by Gasteiger charge is -2.29. The van der Waals surface area contributed by atoms with Crippen LogP contribution in [0.2, 0.25) is 0 Å². The van der Waals surface area contributed by atoms with Crippen molar-refractivity contribution in [3.63, 3.8) is 0 Å². The Morgan fingerprint density at radius 1 is 1.33 bits per heavy atom. The van der Waals surface area contributed by atoms with Crippen LogP contribution in [-0.4, -0.2) is 28.8 Å². The number of fused-ring (bicyclic) bond motifs is 1. The number of ether oxygens (including phenoxy) is 1. The van der Waals surface area contributed by atoms with E-state index in [1.807, 2.05) is 54.7 Å². The van der Waals surface area contributed by atoms with Gasteiger partial charge in [-0.3, -0.25) is 9.48 Å².